The van der Waals surface area contributed by atoms with Crippen LogP contribution in [0.15, 0.2) is 97.6 Å². The Balaban J connectivity index is 0.987. The fourth-order valence-corrected chi connectivity index (χ4v) is 6.80. The highest BCUT2D eigenvalue weighted by molar-refractivity contribution is 5.66. The second-order valence-electron chi connectivity index (χ2n) is 14.3. The summed E-state index contributed by atoms with van der Waals surface area (Å²) in [6.45, 7) is 4.90. The number of alkyl halides is 6. The third-order valence-electron chi connectivity index (χ3n) is 9.98. The van der Waals surface area contributed by atoms with Crippen molar-refractivity contribution in [1.82, 2.24) is 0 Å². The van der Waals surface area contributed by atoms with Crippen molar-refractivity contribution in [3.63, 3.8) is 0 Å². The first-order chi connectivity index (χ1) is 26.8. The van der Waals surface area contributed by atoms with Crippen molar-refractivity contribution in [2.75, 3.05) is 13.2 Å². The summed E-state index contributed by atoms with van der Waals surface area (Å²) < 4.78 is 118. The van der Waals surface area contributed by atoms with E-state index in [1.165, 1.54) is 87.1 Å². The number of unbranched alkanes of at least 4 members (excludes halogenated alkanes) is 10. The number of hydrogen-bond donors (Lipinski definition) is 0. The zero-order valence-corrected chi connectivity index (χ0v) is 31.8. The third-order valence-corrected chi connectivity index (χ3v) is 9.98. The van der Waals surface area contributed by atoms with Crippen LogP contribution in [0.5, 0.6) is 11.5 Å². The van der Waals surface area contributed by atoms with Crippen LogP contribution >= 0.6 is 0 Å². The Bertz CT molecular complexity index is 1620. The van der Waals surface area contributed by atoms with E-state index in [1.54, 1.807) is 12.1 Å². The highest BCUT2D eigenvalue weighted by atomic mass is 19.4. The predicted octanol–water partition coefficient (Wildman–Crippen LogP) is 15.4. The summed E-state index contributed by atoms with van der Waals surface area (Å²) in [6.07, 6.45) is 9.64. The molecule has 0 aliphatic carbocycles. The SMILES string of the molecule is C=CCC(CCCCCCCCOc1ccc(-c2ccc(C(F)(F)F)cc2)c(F)c1)CCCCCCCCOc1ccc(-c2ccc(C(F)(F)F)cc2)c(F)c1. The molecule has 0 heterocycles. The van der Waals surface area contributed by atoms with Crippen molar-refractivity contribution < 1.29 is 44.6 Å². The summed E-state index contributed by atoms with van der Waals surface area (Å²) in [4.78, 5) is 0. The largest absolute Gasteiger partial charge is 0.493 e. The molecule has 304 valence electrons. The fraction of sp³-hybridized carbons (Fsp3) is 0.435. The van der Waals surface area contributed by atoms with E-state index in [0.29, 0.717) is 41.8 Å². The van der Waals surface area contributed by atoms with Gasteiger partial charge in [-0.05, 0) is 84.8 Å². The lowest BCUT2D eigenvalue weighted by Crippen LogP contribution is -2.04. The monoisotopic (exact) mass is 788 g/mol. The molecular formula is C46H52F8O2. The summed E-state index contributed by atoms with van der Waals surface area (Å²) in [5, 5.41) is 0. The number of halogens is 8. The van der Waals surface area contributed by atoms with Crippen LogP contribution in [-0.4, -0.2) is 13.2 Å². The van der Waals surface area contributed by atoms with E-state index in [-0.39, 0.29) is 11.1 Å². The van der Waals surface area contributed by atoms with Gasteiger partial charge >= 0.3 is 12.4 Å². The molecule has 0 aliphatic rings. The Kier molecular flexibility index (Phi) is 17.8. The molecule has 2 nitrogen and oxygen atoms in total. The normalized spacial score (nSPS) is 11.9. The summed E-state index contributed by atoms with van der Waals surface area (Å²) in [5.41, 5.74) is -0.344. The number of benzene rings is 4. The van der Waals surface area contributed by atoms with E-state index < -0.39 is 35.1 Å². The second kappa shape index (κ2) is 22.4. The van der Waals surface area contributed by atoms with Gasteiger partial charge in [-0.3, -0.25) is 0 Å². The molecule has 0 aliphatic heterocycles. The van der Waals surface area contributed by atoms with Gasteiger partial charge in [0.1, 0.15) is 23.1 Å². The summed E-state index contributed by atoms with van der Waals surface area (Å²) in [5.74, 6) is 0.385. The zero-order valence-electron chi connectivity index (χ0n) is 31.8. The van der Waals surface area contributed by atoms with Gasteiger partial charge in [-0.25, -0.2) is 8.78 Å². The molecule has 0 N–H and O–H groups in total. The molecule has 0 atom stereocenters. The molecule has 0 bridgehead atoms. The van der Waals surface area contributed by atoms with Gasteiger partial charge in [-0.15, -0.1) is 6.58 Å². The molecule has 0 radical (unpaired) electrons. The van der Waals surface area contributed by atoms with Crippen molar-refractivity contribution in [1.29, 1.82) is 0 Å². The van der Waals surface area contributed by atoms with Crippen molar-refractivity contribution in [3.8, 4) is 33.8 Å². The van der Waals surface area contributed by atoms with Gasteiger partial charge in [-0.2, -0.15) is 26.3 Å². The van der Waals surface area contributed by atoms with Crippen LogP contribution < -0.4 is 9.47 Å². The molecule has 10 heteroatoms. The maximum atomic E-state index is 14.7. The molecule has 0 saturated carbocycles. The van der Waals surface area contributed by atoms with Crippen molar-refractivity contribution in [2.24, 2.45) is 5.92 Å². The molecule has 4 rings (SSSR count). The van der Waals surface area contributed by atoms with E-state index >= 15 is 0 Å². The summed E-state index contributed by atoms with van der Waals surface area (Å²) in [6, 6.07) is 17.8. The van der Waals surface area contributed by atoms with Crippen molar-refractivity contribution >= 4 is 0 Å². The Morgan fingerprint density at radius 3 is 1.18 bits per heavy atom. The van der Waals surface area contributed by atoms with Gasteiger partial charge < -0.3 is 9.47 Å². The van der Waals surface area contributed by atoms with Crippen LogP contribution in [0.2, 0.25) is 0 Å². The van der Waals surface area contributed by atoms with Gasteiger partial charge in [0.05, 0.1) is 24.3 Å². The van der Waals surface area contributed by atoms with Gasteiger partial charge in [0, 0.05) is 23.3 Å². The summed E-state index contributed by atoms with van der Waals surface area (Å²) in [7, 11) is 0. The van der Waals surface area contributed by atoms with Crippen LogP contribution in [0, 0.1) is 17.6 Å². The highest BCUT2D eigenvalue weighted by Crippen LogP contribution is 2.34. The van der Waals surface area contributed by atoms with Gasteiger partial charge in [-0.1, -0.05) is 107 Å². The Morgan fingerprint density at radius 1 is 0.482 bits per heavy atom. The second-order valence-corrected chi connectivity index (χ2v) is 14.3. The highest BCUT2D eigenvalue weighted by Gasteiger charge is 2.31. The van der Waals surface area contributed by atoms with Gasteiger partial charge in [0.2, 0.25) is 0 Å². The lowest BCUT2D eigenvalue weighted by atomic mass is 9.91. The van der Waals surface area contributed by atoms with Gasteiger partial charge in [0.25, 0.3) is 0 Å². The van der Waals surface area contributed by atoms with Crippen molar-refractivity contribution in [2.45, 2.75) is 109 Å². The zero-order chi connectivity index (χ0) is 40.4. The molecule has 56 heavy (non-hydrogen) atoms. The minimum atomic E-state index is -4.44. The molecule has 0 spiro atoms. The van der Waals surface area contributed by atoms with E-state index in [4.69, 9.17) is 9.47 Å². The van der Waals surface area contributed by atoms with Crippen LogP contribution in [0.1, 0.15) is 107 Å². The van der Waals surface area contributed by atoms with E-state index in [1.807, 2.05) is 6.08 Å². The molecule has 0 saturated heterocycles. The molecule has 4 aromatic rings. The Hall–Kier alpha value is -4.34. The number of ether oxygens (including phenoxy) is 2. The van der Waals surface area contributed by atoms with E-state index in [2.05, 4.69) is 6.58 Å². The topological polar surface area (TPSA) is 18.5 Å². The first kappa shape index (κ1) is 44.4. The maximum Gasteiger partial charge on any atom is 0.416 e. The van der Waals surface area contributed by atoms with Crippen LogP contribution in [0.3, 0.4) is 0 Å². The minimum Gasteiger partial charge on any atom is -0.493 e. The number of allylic oxidation sites excluding steroid dienone is 1. The molecular weight excluding hydrogens is 736 g/mol. The van der Waals surface area contributed by atoms with Crippen LogP contribution in [0.25, 0.3) is 22.3 Å². The van der Waals surface area contributed by atoms with Gasteiger partial charge in [0.15, 0.2) is 0 Å². The number of hydrogen-bond acceptors (Lipinski definition) is 2. The Labute approximate surface area is 325 Å². The third kappa shape index (κ3) is 15.0. The lowest BCUT2D eigenvalue weighted by Gasteiger charge is -2.15. The fourth-order valence-electron chi connectivity index (χ4n) is 6.80. The molecule has 0 amide bonds. The quantitative estimate of drug-likeness (QED) is 0.0400. The average molecular weight is 789 g/mol. The average Bonchev–Trinajstić information content (AvgIpc) is 3.16. The van der Waals surface area contributed by atoms with Crippen LogP contribution in [-0.2, 0) is 12.4 Å². The van der Waals surface area contributed by atoms with Crippen LogP contribution in [0.4, 0.5) is 35.1 Å². The maximum absolute atomic E-state index is 14.7. The minimum absolute atomic E-state index is 0.227. The first-order valence-corrected chi connectivity index (χ1v) is 19.7. The summed E-state index contributed by atoms with van der Waals surface area (Å²) >= 11 is 0. The Morgan fingerprint density at radius 2 is 0.839 bits per heavy atom. The molecule has 0 aromatic heterocycles. The lowest BCUT2D eigenvalue weighted by molar-refractivity contribution is -0.138. The van der Waals surface area contributed by atoms with E-state index in [0.717, 1.165) is 82.1 Å². The van der Waals surface area contributed by atoms with Crippen molar-refractivity contribution in [3.05, 3.63) is 120 Å². The number of rotatable bonds is 24. The molecule has 0 unspecified atom stereocenters. The van der Waals surface area contributed by atoms with E-state index in [9.17, 15) is 35.1 Å². The smallest absolute Gasteiger partial charge is 0.416 e. The standard InChI is InChI=1S/C46H52F8O2/c1-2-15-34(16-11-7-3-5-9-13-30-55-39-26-28-41(43(47)32-39)35-18-22-37(23-19-35)45(49,50)51)17-12-8-4-6-10-14-31-56-40-27-29-42(44(48)33-40)36-20-24-38(25-21-36)46(52,53)54/h2,18-29,32-34H,1,3-17,30-31H2. The predicted molar refractivity (Wildman–Crippen MR) is 208 cm³/mol. The molecule has 0 fully saturated rings. The molecule has 4 aromatic carbocycles. The first-order valence-electron chi connectivity index (χ1n) is 19.7.